The zero-order valence-corrected chi connectivity index (χ0v) is 13.0. The van der Waals surface area contributed by atoms with E-state index in [9.17, 15) is 9.59 Å². The fraction of sp³-hybridized carbons (Fsp3) is 0.353. The minimum Gasteiger partial charge on any atom is -0.442 e. The van der Waals surface area contributed by atoms with Gasteiger partial charge in [-0.3, -0.25) is 4.79 Å². The van der Waals surface area contributed by atoms with Crippen molar-refractivity contribution < 1.29 is 14.3 Å². The number of carbonyl (C=O) groups excluding carboxylic acids is 2. The molecule has 0 atom stereocenters. The summed E-state index contributed by atoms with van der Waals surface area (Å²) in [6.45, 7) is 10.5. The number of benzene rings is 1. The van der Waals surface area contributed by atoms with Crippen molar-refractivity contribution in [1.29, 1.82) is 0 Å². The fourth-order valence-corrected chi connectivity index (χ4v) is 1.60. The Morgan fingerprint density at radius 1 is 1.19 bits per heavy atom. The summed E-state index contributed by atoms with van der Waals surface area (Å²) >= 11 is 0. The molecule has 0 fully saturated rings. The SMILES string of the molecule is C=C(C)C(=O)/C(Cc1ccccc1)=N\C(=O)OC(C)(C)C. The van der Waals surface area contributed by atoms with E-state index in [1.165, 1.54) is 0 Å². The normalized spacial score (nSPS) is 11.9. The number of aliphatic imine (C=N–C) groups is 1. The van der Waals surface area contributed by atoms with Crippen molar-refractivity contribution in [1.82, 2.24) is 0 Å². The monoisotopic (exact) mass is 287 g/mol. The first kappa shape index (κ1) is 16.8. The number of Topliss-reactive ketones (excluding diaryl/α,β-unsaturated/α-hetero) is 1. The van der Waals surface area contributed by atoms with E-state index in [1.54, 1.807) is 27.7 Å². The van der Waals surface area contributed by atoms with Crippen LogP contribution in [0.4, 0.5) is 4.79 Å². The Morgan fingerprint density at radius 3 is 2.24 bits per heavy atom. The van der Waals surface area contributed by atoms with Crippen molar-refractivity contribution in [2.24, 2.45) is 4.99 Å². The third kappa shape index (κ3) is 6.17. The molecule has 112 valence electrons. The first-order valence-electron chi connectivity index (χ1n) is 6.74. The van der Waals surface area contributed by atoms with Gasteiger partial charge in [0.15, 0.2) is 0 Å². The van der Waals surface area contributed by atoms with E-state index in [2.05, 4.69) is 11.6 Å². The Labute approximate surface area is 125 Å². The summed E-state index contributed by atoms with van der Waals surface area (Å²) in [5.41, 5.74) is 0.732. The lowest BCUT2D eigenvalue weighted by Crippen LogP contribution is -2.25. The van der Waals surface area contributed by atoms with E-state index in [0.29, 0.717) is 5.57 Å². The van der Waals surface area contributed by atoms with Crippen molar-refractivity contribution >= 4 is 17.6 Å². The largest absolute Gasteiger partial charge is 0.442 e. The maximum absolute atomic E-state index is 12.1. The van der Waals surface area contributed by atoms with Crippen LogP contribution in [0.3, 0.4) is 0 Å². The fourth-order valence-electron chi connectivity index (χ4n) is 1.60. The second kappa shape index (κ2) is 6.97. The summed E-state index contributed by atoms with van der Waals surface area (Å²) < 4.78 is 5.13. The molecule has 0 aliphatic rings. The number of carbonyl (C=O) groups is 2. The standard InChI is InChI=1S/C17H21NO3/c1-12(2)15(19)14(11-13-9-7-6-8-10-13)18-16(20)21-17(3,4)5/h6-10H,1,11H2,2-5H3/b18-14-. The highest BCUT2D eigenvalue weighted by molar-refractivity contribution is 6.47. The smallest absolute Gasteiger partial charge is 0.434 e. The van der Waals surface area contributed by atoms with Crippen molar-refractivity contribution in [3.63, 3.8) is 0 Å². The van der Waals surface area contributed by atoms with Crippen LogP contribution < -0.4 is 0 Å². The molecule has 0 radical (unpaired) electrons. The van der Waals surface area contributed by atoms with Gasteiger partial charge >= 0.3 is 6.09 Å². The Morgan fingerprint density at radius 2 is 1.76 bits per heavy atom. The molecule has 0 spiro atoms. The molecule has 21 heavy (non-hydrogen) atoms. The van der Waals surface area contributed by atoms with Crippen LogP contribution in [-0.2, 0) is 16.0 Å². The summed E-state index contributed by atoms with van der Waals surface area (Å²) in [7, 11) is 0. The number of amides is 1. The van der Waals surface area contributed by atoms with Crippen LogP contribution in [-0.4, -0.2) is 23.2 Å². The van der Waals surface area contributed by atoms with Crippen LogP contribution >= 0.6 is 0 Å². The van der Waals surface area contributed by atoms with Gasteiger partial charge in [0.05, 0.1) is 5.71 Å². The third-order valence-corrected chi connectivity index (χ3v) is 2.48. The number of rotatable bonds is 4. The number of nitrogens with zero attached hydrogens (tertiary/aromatic N) is 1. The first-order chi connectivity index (χ1) is 9.69. The van der Waals surface area contributed by atoms with Gasteiger partial charge < -0.3 is 4.74 Å². The number of ether oxygens (including phenoxy) is 1. The Bertz CT molecular complexity index is 565. The first-order valence-corrected chi connectivity index (χ1v) is 6.74. The zero-order chi connectivity index (χ0) is 16.0. The quantitative estimate of drug-likeness (QED) is 0.626. The molecular weight excluding hydrogens is 266 g/mol. The maximum atomic E-state index is 12.1. The molecule has 0 aliphatic heterocycles. The van der Waals surface area contributed by atoms with E-state index >= 15 is 0 Å². The van der Waals surface area contributed by atoms with Crippen LogP contribution in [0.15, 0.2) is 47.5 Å². The molecule has 0 saturated carbocycles. The maximum Gasteiger partial charge on any atom is 0.434 e. The highest BCUT2D eigenvalue weighted by Crippen LogP contribution is 2.10. The molecule has 0 aromatic heterocycles. The molecule has 1 amide bonds. The van der Waals surface area contributed by atoms with Crippen molar-refractivity contribution in [2.45, 2.75) is 39.7 Å². The van der Waals surface area contributed by atoms with Crippen LogP contribution in [0, 0.1) is 0 Å². The van der Waals surface area contributed by atoms with Gasteiger partial charge in [-0.2, -0.15) is 4.99 Å². The average molecular weight is 287 g/mol. The second-order valence-corrected chi connectivity index (χ2v) is 5.81. The minimum atomic E-state index is -0.761. The predicted molar refractivity (Wildman–Crippen MR) is 83.6 cm³/mol. The van der Waals surface area contributed by atoms with Gasteiger partial charge in [-0.25, -0.2) is 4.79 Å². The summed E-state index contributed by atoms with van der Waals surface area (Å²) in [6.07, 6.45) is -0.491. The van der Waals surface area contributed by atoms with Crippen LogP contribution in [0.25, 0.3) is 0 Å². The van der Waals surface area contributed by atoms with Crippen molar-refractivity contribution in [3.05, 3.63) is 48.0 Å². The Balaban J connectivity index is 3.00. The minimum absolute atomic E-state index is 0.142. The lowest BCUT2D eigenvalue weighted by molar-refractivity contribution is -0.109. The number of ketones is 1. The van der Waals surface area contributed by atoms with E-state index in [-0.39, 0.29) is 17.9 Å². The van der Waals surface area contributed by atoms with Crippen molar-refractivity contribution in [2.75, 3.05) is 0 Å². The van der Waals surface area contributed by atoms with Gasteiger partial charge in [-0.1, -0.05) is 36.9 Å². The van der Waals surface area contributed by atoms with Crippen LogP contribution in [0.5, 0.6) is 0 Å². The van der Waals surface area contributed by atoms with Gasteiger partial charge in [-0.15, -0.1) is 0 Å². The molecule has 0 unspecified atom stereocenters. The highest BCUT2D eigenvalue weighted by Gasteiger charge is 2.19. The van der Waals surface area contributed by atoms with Gasteiger partial charge in [-0.05, 0) is 38.8 Å². The van der Waals surface area contributed by atoms with Gasteiger partial charge in [0.1, 0.15) is 5.60 Å². The van der Waals surface area contributed by atoms with Gasteiger partial charge in [0.25, 0.3) is 0 Å². The lowest BCUT2D eigenvalue weighted by atomic mass is 10.0. The molecule has 0 aliphatic carbocycles. The summed E-state index contributed by atoms with van der Waals surface area (Å²) in [4.78, 5) is 27.7. The predicted octanol–water partition coefficient (Wildman–Crippen LogP) is 3.75. The molecule has 4 heteroatoms. The molecule has 0 heterocycles. The van der Waals surface area contributed by atoms with E-state index in [4.69, 9.17) is 4.74 Å². The van der Waals surface area contributed by atoms with Crippen LogP contribution in [0.2, 0.25) is 0 Å². The topological polar surface area (TPSA) is 55.7 Å². The van der Waals surface area contributed by atoms with E-state index < -0.39 is 11.7 Å². The third-order valence-electron chi connectivity index (χ3n) is 2.48. The molecule has 1 rings (SSSR count). The molecule has 0 bridgehead atoms. The van der Waals surface area contributed by atoms with E-state index in [0.717, 1.165) is 5.56 Å². The molecule has 0 saturated heterocycles. The number of hydrogen-bond acceptors (Lipinski definition) is 3. The Hall–Kier alpha value is -2.23. The van der Waals surface area contributed by atoms with Crippen molar-refractivity contribution in [3.8, 4) is 0 Å². The van der Waals surface area contributed by atoms with Gasteiger partial charge in [0.2, 0.25) is 5.78 Å². The highest BCUT2D eigenvalue weighted by atomic mass is 16.6. The summed E-state index contributed by atoms with van der Waals surface area (Å²) in [6, 6.07) is 9.36. The average Bonchev–Trinajstić information content (AvgIpc) is 2.36. The van der Waals surface area contributed by atoms with Gasteiger partial charge in [0, 0.05) is 6.42 Å². The summed E-state index contributed by atoms with van der Waals surface area (Å²) in [5.74, 6) is -0.329. The zero-order valence-electron chi connectivity index (χ0n) is 13.0. The lowest BCUT2D eigenvalue weighted by Gasteiger charge is -2.17. The Kier molecular flexibility index (Phi) is 5.59. The molecule has 0 N–H and O–H groups in total. The molecule has 4 nitrogen and oxygen atoms in total. The van der Waals surface area contributed by atoms with Crippen LogP contribution in [0.1, 0.15) is 33.3 Å². The molecule has 1 aromatic rings. The molecule has 1 aromatic carbocycles. The molecular formula is C17H21NO3. The number of hydrogen-bond donors (Lipinski definition) is 0. The second-order valence-electron chi connectivity index (χ2n) is 5.81. The van der Waals surface area contributed by atoms with E-state index in [1.807, 2.05) is 30.3 Å². The summed E-state index contributed by atoms with van der Waals surface area (Å²) in [5, 5.41) is 0. The number of allylic oxidation sites excluding steroid dienone is 1.